The SMILES string of the molecule is Cc1cccc(-n2c(CCCl)nc3cc(F)c(Br)cc32)c1. The molecule has 0 aliphatic heterocycles. The number of fused-ring (bicyclic) bond motifs is 1. The molecule has 1 heterocycles. The fourth-order valence-corrected chi connectivity index (χ4v) is 2.93. The largest absolute Gasteiger partial charge is 0.296 e. The molecule has 0 atom stereocenters. The number of aromatic nitrogens is 2. The second-order valence-corrected chi connectivity index (χ2v) is 6.13. The summed E-state index contributed by atoms with van der Waals surface area (Å²) in [6.07, 6.45) is 0.628. The topological polar surface area (TPSA) is 17.8 Å². The van der Waals surface area contributed by atoms with E-state index in [9.17, 15) is 4.39 Å². The Morgan fingerprint density at radius 1 is 1.29 bits per heavy atom. The first-order chi connectivity index (χ1) is 10.1. The van der Waals surface area contributed by atoms with Crippen LogP contribution in [0.1, 0.15) is 11.4 Å². The van der Waals surface area contributed by atoms with Crippen molar-refractivity contribution in [1.29, 1.82) is 0 Å². The van der Waals surface area contributed by atoms with Gasteiger partial charge in [-0.05, 0) is 46.6 Å². The molecule has 0 fully saturated rings. The first kappa shape index (κ1) is 14.5. The van der Waals surface area contributed by atoms with Gasteiger partial charge in [0.05, 0.1) is 15.5 Å². The van der Waals surface area contributed by atoms with E-state index in [4.69, 9.17) is 11.6 Å². The summed E-state index contributed by atoms with van der Waals surface area (Å²) in [7, 11) is 0. The van der Waals surface area contributed by atoms with Gasteiger partial charge >= 0.3 is 0 Å². The van der Waals surface area contributed by atoms with Crippen LogP contribution in [0.2, 0.25) is 0 Å². The monoisotopic (exact) mass is 366 g/mol. The lowest BCUT2D eigenvalue weighted by atomic mass is 10.2. The molecule has 0 aliphatic carbocycles. The highest BCUT2D eigenvalue weighted by Crippen LogP contribution is 2.27. The molecule has 0 aliphatic rings. The van der Waals surface area contributed by atoms with Crippen molar-refractivity contribution >= 4 is 38.6 Å². The van der Waals surface area contributed by atoms with E-state index >= 15 is 0 Å². The van der Waals surface area contributed by atoms with Gasteiger partial charge in [0.25, 0.3) is 0 Å². The number of halogens is 3. The maximum Gasteiger partial charge on any atom is 0.139 e. The standard InChI is InChI=1S/C16H13BrClFN2/c1-10-3-2-4-11(7-10)21-15-8-12(17)13(19)9-14(15)20-16(21)5-6-18/h2-4,7-9H,5-6H2,1H3. The number of alkyl halides is 1. The second kappa shape index (κ2) is 5.78. The zero-order valence-electron chi connectivity index (χ0n) is 11.4. The van der Waals surface area contributed by atoms with Crippen molar-refractivity contribution in [2.45, 2.75) is 13.3 Å². The summed E-state index contributed by atoms with van der Waals surface area (Å²) < 4.78 is 16.2. The maximum absolute atomic E-state index is 13.7. The van der Waals surface area contributed by atoms with E-state index in [0.29, 0.717) is 22.3 Å². The fraction of sp³-hybridized carbons (Fsp3) is 0.188. The van der Waals surface area contributed by atoms with Gasteiger partial charge in [0, 0.05) is 24.1 Å². The molecule has 1 aromatic heterocycles. The second-order valence-electron chi connectivity index (χ2n) is 4.90. The summed E-state index contributed by atoms with van der Waals surface area (Å²) in [5.41, 5.74) is 3.68. The molecule has 3 rings (SSSR count). The Labute approximate surface area is 135 Å². The number of hydrogen-bond donors (Lipinski definition) is 0. The summed E-state index contributed by atoms with van der Waals surface area (Å²) in [5, 5.41) is 0. The van der Waals surface area contributed by atoms with Crippen LogP contribution in [0.5, 0.6) is 0 Å². The normalized spacial score (nSPS) is 11.2. The highest BCUT2D eigenvalue weighted by atomic mass is 79.9. The lowest BCUT2D eigenvalue weighted by Crippen LogP contribution is -2.02. The minimum Gasteiger partial charge on any atom is -0.296 e. The van der Waals surface area contributed by atoms with Crippen LogP contribution in [-0.4, -0.2) is 15.4 Å². The summed E-state index contributed by atoms with van der Waals surface area (Å²) in [6.45, 7) is 2.04. The molecule has 0 saturated carbocycles. The minimum atomic E-state index is -0.311. The highest BCUT2D eigenvalue weighted by Gasteiger charge is 2.14. The zero-order valence-corrected chi connectivity index (χ0v) is 13.7. The van der Waals surface area contributed by atoms with Gasteiger partial charge in [-0.1, -0.05) is 12.1 Å². The fourth-order valence-electron chi connectivity index (χ4n) is 2.43. The Morgan fingerprint density at radius 3 is 2.81 bits per heavy atom. The predicted octanol–water partition coefficient (Wildman–Crippen LogP) is 5.02. The average molecular weight is 368 g/mol. The summed E-state index contributed by atoms with van der Waals surface area (Å²) in [6, 6.07) is 11.3. The quantitative estimate of drug-likeness (QED) is 0.595. The smallest absolute Gasteiger partial charge is 0.139 e. The summed E-state index contributed by atoms with van der Waals surface area (Å²) >= 11 is 9.12. The van der Waals surface area contributed by atoms with Gasteiger partial charge in [-0.2, -0.15) is 0 Å². The van der Waals surface area contributed by atoms with Gasteiger partial charge in [-0.15, -0.1) is 11.6 Å². The molecule has 5 heteroatoms. The van der Waals surface area contributed by atoms with Crippen molar-refractivity contribution in [3.8, 4) is 5.69 Å². The van der Waals surface area contributed by atoms with E-state index in [-0.39, 0.29) is 5.82 Å². The van der Waals surface area contributed by atoms with Crippen molar-refractivity contribution < 1.29 is 4.39 Å². The summed E-state index contributed by atoms with van der Waals surface area (Å²) in [5.74, 6) is 0.996. The molecule has 0 saturated heterocycles. The highest BCUT2D eigenvalue weighted by molar-refractivity contribution is 9.10. The summed E-state index contributed by atoms with van der Waals surface area (Å²) in [4.78, 5) is 4.53. The van der Waals surface area contributed by atoms with E-state index in [2.05, 4.69) is 27.0 Å². The first-order valence-electron chi connectivity index (χ1n) is 6.59. The molecule has 2 aromatic carbocycles. The maximum atomic E-state index is 13.7. The van der Waals surface area contributed by atoms with E-state index in [1.807, 2.05) is 29.7 Å². The van der Waals surface area contributed by atoms with Crippen LogP contribution in [0.3, 0.4) is 0 Å². The van der Waals surface area contributed by atoms with Crippen LogP contribution in [0, 0.1) is 12.7 Å². The van der Waals surface area contributed by atoms with Crippen LogP contribution < -0.4 is 0 Å². The van der Waals surface area contributed by atoms with Crippen LogP contribution in [0.25, 0.3) is 16.7 Å². The van der Waals surface area contributed by atoms with Crippen molar-refractivity contribution in [2.75, 3.05) is 5.88 Å². The number of nitrogens with zero attached hydrogens (tertiary/aromatic N) is 2. The van der Waals surface area contributed by atoms with E-state index in [1.165, 1.54) is 6.07 Å². The van der Waals surface area contributed by atoms with Gasteiger partial charge < -0.3 is 0 Å². The Hall–Kier alpha value is -1.39. The zero-order chi connectivity index (χ0) is 15.0. The Bertz CT molecular complexity index is 813. The van der Waals surface area contributed by atoms with E-state index in [0.717, 1.165) is 22.6 Å². The van der Waals surface area contributed by atoms with Crippen molar-refractivity contribution in [2.24, 2.45) is 0 Å². The minimum absolute atomic E-state index is 0.311. The molecule has 3 aromatic rings. The van der Waals surface area contributed by atoms with Gasteiger partial charge in [0.2, 0.25) is 0 Å². The van der Waals surface area contributed by atoms with Gasteiger partial charge in [0.15, 0.2) is 0 Å². The van der Waals surface area contributed by atoms with Crippen LogP contribution in [0.4, 0.5) is 4.39 Å². The number of benzene rings is 2. The van der Waals surface area contributed by atoms with Crippen molar-refractivity contribution in [3.63, 3.8) is 0 Å². The number of hydrogen-bond acceptors (Lipinski definition) is 1. The third kappa shape index (κ3) is 2.70. The Kier molecular flexibility index (Phi) is 4.00. The molecule has 21 heavy (non-hydrogen) atoms. The average Bonchev–Trinajstić information content (AvgIpc) is 2.77. The molecule has 0 radical (unpaired) electrons. The third-order valence-corrected chi connectivity index (χ3v) is 4.14. The molecule has 0 N–H and O–H groups in total. The van der Waals surface area contributed by atoms with Gasteiger partial charge in [-0.25, -0.2) is 9.37 Å². The van der Waals surface area contributed by atoms with Gasteiger partial charge in [-0.3, -0.25) is 4.57 Å². The van der Waals surface area contributed by atoms with Crippen molar-refractivity contribution in [1.82, 2.24) is 9.55 Å². The lowest BCUT2D eigenvalue weighted by molar-refractivity contribution is 0.623. The lowest BCUT2D eigenvalue weighted by Gasteiger charge is -2.09. The molecule has 0 bridgehead atoms. The van der Waals surface area contributed by atoms with Crippen molar-refractivity contribution in [3.05, 3.63) is 58.1 Å². The first-order valence-corrected chi connectivity index (χ1v) is 7.92. The molecular formula is C16H13BrClFN2. The molecule has 0 spiro atoms. The van der Waals surface area contributed by atoms with Crippen LogP contribution in [0.15, 0.2) is 40.9 Å². The van der Waals surface area contributed by atoms with E-state index < -0.39 is 0 Å². The Morgan fingerprint density at radius 2 is 2.10 bits per heavy atom. The number of imidazole rings is 1. The molecule has 2 nitrogen and oxygen atoms in total. The third-order valence-electron chi connectivity index (χ3n) is 3.34. The predicted molar refractivity (Wildman–Crippen MR) is 87.9 cm³/mol. The molecule has 0 amide bonds. The number of rotatable bonds is 3. The van der Waals surface area contributed by atoms with Crippen LogP contribution in [-0.2, 0) is 6.42 Å². The van der Waals surface area contributed by atoms with E-state index in [1.54, 1.807) is 6.07 Å². The van der Waals surface area contributed by atoms with Gasteiger partial charge in [0.1, 0.15) is 11.6 Å². The van der Waals surface area contributed by atoms with Crippen LogP contribution >= 0.6 is 27.5 Å². The molecule has 108 valence electrons. The molecular weight excluding hydrogens is 355 g/mol. The Balaban J connectivity index is 2.32. The molecule has 0 unspecified atom stereocenters. The number of aryl methyl sites for hydroxylation is 2.